The molecule has 1 N–H and O–H groups in total. The van der Waals surface area contributed by atoms with Crippen molar-refractivity contribution in [2.24, 2.45) is 5.92 Å². The van der Waals surface area contributed by atoms with Crippen molar-refractivity contribution in [3.05, 3.63) is 70.7 Å². The van der Waals surface area contributed by atoms with Crippen LogP contribution in [0.2, 0.25) is 5.02 Å². The lowest BCUT2D eigenvalue weighted by atomic mass is 10.0. The minimum absolute atomic E-state index is 0.168. The summed E-state index contributed by atoms with van der Waals surface area (Å²) >= 11 is 5.95. The van der Waals surface area contributed by atoms with Crippen LogP contribution in [0.1, 0.15) is 31.4 Å². The molecule has 0 aliphatic carbocycles. The van der Waals surface area contributed by atoms with Crippen LogP contribution in [0.25, 0.3) is 0 Å². The van der Waals surface area contributed by atoms with Gasteiger partial charge in [0.1, 0.15) is 12.6 Å². The second-order valence-corrected chi connectivity index (χ2v) is 7.09. The van der Waals surface area contributed by atoms with Gasteiger partial charge in [-0.3, -0.25) is 4.79 Å². The number of carbonyl (C=O) groups excluding carboxylic acids is 2. The van der Waals surface area contributed by atoms with E-state index in [-0.39, 0.29) is 24.9 Å². The lowest BCUT2D eigenvalue weighted by Gasteiger charge is -2.19. The predicted molar refractivity (Wildman–Crippen MR) is 103 cm³/mol. The van der Waals surface area contributed by atoms with Gasteiger partial charge in [-0.05, 0) is 35.6 Å². The van der Waals surface area contributed by atoms with Gasteiger partial charge in [0, 0.05) is 5.02 Å². The fourth-order valence-corrected chi connectivity index (χ4v) is 2.81. The highest BCUT2D eigenvalue weighted by atomic mass is 35.5. The second-order valence-electron chi connectivity index (χ2n) is 6.65. The van der Waals surface area contributed by atoms with Gasteiger partial charge in [-0.25, -0.2) is 4.79 Å². The van der Waals surface area contributed by atoms with E-state index >= 15 is 0 Å². The first-order chi connectivity index (χ1) is 12.4. The maximum Gasteiger partial charge on any atom is 0.328 e. The van der Waals surface area contributed by atoms with Gasteiger partial charge in [0.15, 0.2) is 0 Å². The van der Waals surface area contributed by atoms with Crippen molar-refractivity contribution in [2.45, 2.75) is 39.3 Å². The van der Waals surface area contributed by atoms with E-state index in [1.54, 1.807) is 18.2 Å². The van der Waals surface area contributed by atoms with E-state index in [0.29, 0.717) is 11.4 Å². The summed E-state index contributed by atoms with van der Waals surface area (Å²) in [5, 5.41) is 3.38. The van der Waals surface area contributed by atoms with E-state index < -0.39 is 12.0 Å². The van der Waals surface area contributed by atoms with E-state index in [0.717, 1.165) is 11.1 Å². The quantitative estimate of drug-likeness (QED) is 0.707. The Labute approximate surface area is 159 Å². The fourth-order valence-electron chi connectivity index (χ4n) is 2.59. The first-order valence-electron chi connectivity index (χ1n) is 8.68. The number of halogens is 1. The summed E-state index contributed by atoms with van der Waals surface area (Å²) in [5.74, 6) is -0.396. The summed E-state index contributed by atoms with van der Waals surface area (Å²) in [5.41, 5.74) is 1.71. The summed E-state index contributed by atoms with van der Waals surface area (Å²) in [6.45, 7) is 4.19. The Bertz CT molecular complexity index is 731. The van der Waals surface area contributed by atoms with Gasteiger partial charge < -0.3 is 10.1 Å². The first-order valence-corrected chi connectivity index (χ1v) is 9.06. The Morgan fingerprint density at radius 1 is 1.04 bits per heavy atom. The van der Waals surface area contributed by atoms with Crippen molar-refractivity contribution in [2.75, 3.05) is 0 Å². The second kappa shape index (κ2) is 9.97. The van der Waals surface area contributed by atoms with E-state index in [2.05, 4.69) is 5.32 Å². The molecule has 2 aromatic carbocycles. The monoisotopic (exact) mass is 373 g/mol. The molecular formula is C21H24ClNO3. The Hall–Kier alpha value is -2.33. The number of hydrogen-bond acceptors (Lipinski definition) is 3. The molecule has 4 nitrogen and oxygen atoms in total. The van der Waals surface area contributed by atoms with Crippen LogP contribution in [0.15, 0.2) is 54.6 Å². The van der Waals surface area contributed by atoms with Crippen LogP contribution in [0.3, 0.4) is 0 Å². The van der Waals surface area contributed by atoms with Gasteiger partial charge in [-0.15, -0.1) is 0 Å². The molecule has 138 valence electrons. The number of hydrogen-bond donors (Lipinski definition) is 1. The molecule has 0 saturated carbocycles. The molecule has 5 heteroatoms. The molecule has 1 amide bonds. The number of nitrogens with one attached hydrogen (secondary N) is 1. The summed E-state index contributed by atoms with van der Waals surface area (Å²) < 4.78 is 5.39. The van der Waals surface area contributed by atoms with Crippen LogP contribution in [-0.2, 0) is 27.4 Å². The zero-order valence-corrected chi connectivity index (χ0v) is 15.8. The van der Waals surface area contributed by atoms with E-state index in [1.807, 2.05) is 50.2 Å². The molecule has 0 bridgehead atoms. The molecule has 0 spiro atoms. The molecule has 2 rings (SSSR count). The first kappa shape index (κ1) is 20.0. The minimum atomic E-state index is -0.662. The topological polar surface area (TPSA) is 55.4 Å². The number of carbonyl (C=O) groups is 2. The fraction of sp³-hybridized carbons (Fsp3) is 0.333. The van der Waals surface area contributed by atoms with Crippen molar-refractivity contribution in [1.82, 2.24) is 5.32 Å². The van der Waals surface area contributed by atoms with Crippen LogP contribution in [0, 0.1) is 5.92 Å². The third kappa shape index (κ3) is 6.89. The molecule has 0 fully saturated rings. The van der Waals surface area contributed by atoms with E-state index in [1.165, 1.54) is 0 Å². The van der Waals surface area contributed by atoms with Crippen LogP contribution >= 0.6 is 11.6 Å². The van der Waals surface area contributed by atoms with Crippen molar-refractivity contribution in [3.8, 4) is 0 Å². The van der Waals surface area contributed by atoms with Crippen molar-refractivity contribution >= 4 is 23.5 Å². The molecule has 0 aromatic heterocycles. The van der Waals surface area contributed by atoms with E-state index in [9.17, 15) is 9.59 Å². The lowest BCUT2D eigenvalue weighted by molar-refractivity contribution is -0.149. The summed E-state index contributed by atoms with van der Waals surface area (Å²) in [6, 6.07) is 15.9. The molecule has 0 aliphatic rings. The van der Waals surface area contributed by atoms with Gasteiger partial charge in [0.2, 0.25) is 5.91 Å². The third-order valence-electron chi connectivity index (χ3n) is 3.80. The zero-order valence-electron chi connectivity index (χ0n) is 15.1. The maximum atomic E-state index is 12.4. The number of esters is 1. The van der Waals surface area contributed by atoms with Crippen LogP contribution < -0.4 is 5.32 Å². The Morgan fingerprint density at radius 2 is 1.73 bits per heavy atom. The van der Waals surface area contributed by atoms with Crippen molar-refractivity contribution < 1.29 is 14.3 Å². The largest absolute Gasteiger partial charge is 0.459 e. The number of ether oxygens (including phenoxy) is 1. The smallest absolute Gasteiger partial charge is 0.328 e. The molecule has 0 saturated heterocycles. The number of benzene rings is 2. The Balaban J connectivity index is 1.94. The summed E-state index contributed by atoms with van der Waals surface area (Å²) in [7, 11) is 0. The Kier molecular flexibility index (Phi) is 7.67. The molecule has 0 unspecified atom stereocenters. The van der Waals surface area contributed by atoms with E-state index in [4.69, 9.17) is 16.3 Å². The average Bonchev–Trinajstić information content (AvgIpc) is 2.59. The lowest BCUT2D eigenvalue weighted by Crippen LogP contribution is -2.43. The third-order valence-corrected chi connectivity index (χ3v) is 4.04. The Morgan fingerprint density at radius 3 is 2.38 bits per heavy atom. The average molecular weight is 374 g/mol. The molecular weight excluding hydrogens is 350 g/mol. The molecule has 1 atom stereocenters. The number of amides is 1. The molecule has 0 radical (unpaired) electrons. The summed E-state index contributed by atoms with van der Waals surface area (Å²) in [4.78, 5) is 24.8. The summed E-state index contributed by atoms with van der Waals surface area (Å²) in [6.07, 6.45) is 0.691. The minimum Gasteiger partial charge on any atom is -0.459 e. The van der Waals surface area contributed by atoms with Crippen LogP contribution in [0.5, 0.6) is 0 Å². The maximum absolute atomic E-state index is 12.4. The zero-order chi connectivity index (χ0) is 18.9. The van der Waals surface area contributed by atoms with Gasteiger partial charge in [-0.1, -0.05) is 67.9 Å². The van der Waals surface area contributed by atoms with Crippen molar-refractivity contribution in [3.63, 3.8) is 0 Å². The molecule has 0 heterocycles. The number of rotatable bonds is 8. The predicted octanol–water partition coefficient (Wildman–Crippen LogP) is 4.16. The van der Waals surface area contributed by atoms with Crippen LogP contribution in [0.4, 0.5) is 0 Å². The highest BCUT2D eigenvalue weighted by Gasteiger charge is 2.23. The van der Waals surface area contributed by atoms with Crippen molar-refractivity contribution in [1.29, 1.82) is 0 Å². The highest BCUT2D eigenvalue weighted by Crippen LogP contribution is 2.12. The molecule has 2 aromatic rings. The van der Waals surface area contributed by atoms with Gasteiger partial charge in [0.25, 0.3) is 0 Å². The molecule has 26 heavy (non-hydrogen) atoms. The molecule has 0 aliphatic heterocycles. The van der Waals surface area contributed by atoms with Crippen LogP contribution in [-0.4, -0.2) is 17.9 Å². The van der Waals surface area contributed by atoms with Gasteiger partial charge >= 0.3 is 5.97 Å². The van der Waals surface area contributed by atoms with Gasteiger partial charge in [-0.2, -0.15) is 0 Å². The highest BCUT2D eigenvalue weighted by molar-refractivity contribution is 6.30. The SMILES string of the molecule is CC(C)C[C@H](NC(=O)Cc1cccc(Cl)c1)C(=O)OCc1ccccc1. The standard InChI is InChI=1S/C21H24ClNO3/c1-15(2)11-19(21(25)26-14-16-7-4-3-5-8-16)23-20(24)13-17-9-6-10-18(22)12-17/h3-10,12,15,19H,11,13-14H2,1-2H3,(H,23,24)/t19-/m0/s1. The van der Waals surface area contributed by atoms with Gasteiger partial charge in [0.05, 0.1) is 6.42 Å². The normalized spacial score (nSPS) is 11.8.